The first-order valence-corrected chi connectivity index (χ1v) is 10.1. The van der Waals surface area contributed by atoms with Gasteiger partial charge in [0, 0.05) is 25.9 Å². The molecule has 2 heterocycles. The molecule has 0 amide bonds. The number of dihydropyridines is 1. The van der Waals surface area contributed by atoms with E-state index < -0.39 is 21.6 Å². The zero-order chi connectivity index (χ0) is 19.8. The fraction of sp³-hybridized carbons (Fsp3) is 0.294. The first-order valence-electron chi connectivity index (χ1n) is 8.20. The number of aryl methyl sites for hydroxylation is 1. The molecule has 1 aromatic heterocycles. The second-order valence-corrected chi connectivity index (χ2v) is 8.76. The topological polar surface area (TPSA) is 113 Å². The van der Waals surface area contributed by atoms with E-state index in [1.54, 1.807) is 30.5 Å². The van der Waals surface area contributed by atoms with Crippen molar-refractivity contribution in [3.8, 4) is 0 Å². The highest BCUT2D eigenvalue weighted by atomic mass is 35.5. The summed E-state index contributed by atoms with van der Waals surface area (Å²) >= 11 is 6.40. The van der Waals surface area contributed by atoms with Gasteiger partial charge in [0.25, 0.3) is 0 Å². The number of aromatic nitrogens is 1. The number of alkyl halides is 1. The molecule has 0 saturated heterocycles. The average molecular weight is 409 g/mol. The van der Waals surface area contributed by atoms with Gasteiger partial charge in [0.15, 0.2) is 5.82 Å². The minimum Gasteiger partial charge on any atom is -0.396 e. The molecule has 3 rings (SSSR count). The Hall–Kier alpha value is -2.36. The first kappa shape index (κ1) is 19.4. The van der Waals surface area contributed by atoms with Gasteiger partial charge in [-0.3, -0.25) is 9.71 Å². The number of pyridine rings is 1. The summed E-state index contributed by atoms with van der Waals surface area (Å²) in [4.78, 5) is 8.84. The lowest BCUT2D eigenvalue weighted by Gasteiger charge is -2.28. The van der Waals surface area contributed by atoms with Crippen LogP contribution >= 0.6 is 11.6 Å². The number of nitrogens with one attached hydrogen (secondary N) is 2. The van der Waals surface area contributed by atoms with Crippen molar-refractivity contribution in [1.82, 2.24) is 14.0 Å². The van der Waals surface area contributed by atoms with E-state index in [2.05, 4.69) is 20.0 Å². The van der Waals surface area contributed by atoms with Gasteiger partial charge >= 0.3 is 10.2 Å². The Kier molecular flexibility index (Phi) is 5.27. The Morgan fingerprint density at radius 3 is 2.70 bits per heavy atom. The molecule has 4 N–H and O–H groups in total. The molecular formula is C17H21ClN6O2S. The van der Waals surface area contributed by atoms with Crippen LogP contribution in [0.3, 0.4) is 0 Å². The van der Waals surface area contributed by atoms with Crippen molar-refractivity contribution in [2.75, 3.05) is 25.1 Å². The fourth-order valence-corrected chi connectivity index (χ4v) is 3.51. The first-order chi connectivity index (χ1) is 12.7. The van der Waals surface area contributed by atoms with E-state index in [1.165, 1.54) is 14.1 Å². The molecule has 2 atom stereocenters. The van der Waals surface area contributed by atoms with E-state index in [-0.39, 0.29) is 0 Å². The molecule has 0 bridgehead atoms. The third-order valence-electron chi connectivity index (χ3n) is 4.25. The normalized spacial score (nSPS) is 21.9. The molecule has 2 unspecified atom stereocenters. The quantitative estimate of drug-likeness (QED) is 0.654. The number of anilines is 2. The standard InChI is InChI=1S/C17H21ClN6O2S/c1-10-8-9-20-17(15(10)19)22-14-7-4-11-13(23-27(25,26)24(2)3)6-5-12(18)16(11)21-14/h4-9,12,16,23H,19H2,1-3H3,(H,20,21,22). The molecule has 8 nitrogen and oxygen atoms in total. The van der Waals surface area contributed by atoms with Crippen molar-refractivity contribution in [1.29, 1.82) is 0 Å². The van der Waals surface area contributed by atoms with Gasteiger partial charge in [0.05, 0.1) is 22.8 Å². The van der Waals surface area contributed by atoms with Gasteiger partial charge in [-0.1, -0.05) is 12.2 Å². The predicted molar refractivity (Wildman–Crippen MR) is 109 cm³/mol. The lowest BCUT2D eigenvalue weighted by molar-refractivity contribution is 0.512. The highest BCUT2D eigenvalue weighted by molar-refractivity contribution is 7.87. The van der Waals surface area contributed by atoms with E-state index in [4.69, 9.17) is 17.3 Å². The maximum absolute atomic E-state index is 12.1. The van der Waals surface area contributed by atoms with E-state index in [0.29, 0.717) is 28.6 Å². The van der Waals surface area contributed by atoms with Crippen LogP contribution in [0, 0.1) is 6.92 Å². The van der Waals surface area contributed by atoms with Gasteiger partial charge in [0.2, 0.25) is 0 Å². The molecule has 0 spiro atoms. The van der Waals surface area contributed by atoms with Crippen LogP contribution in [0.2, 0.25) is 0 Å². The summed E-state index contributed by atoms with van der Waals surface area (Å²) in [5, 5.41) is 2.69. The highest BCUT2D eigenvalue weighted by Gasteiger charge is 2.30. The van der Waals surface area contributed by atoms with Crippen molar-refractivity contribution < 1.29 is 8.42 Å². The number of allylic oxidation sites excluding steroid dienone is 1. The van der Waals surface area contributed by atoms with Crippen LogP contribution in [0.25, 0.3) is 0 Å². The fourth-order valence-electron chi connectivity index (χ4n) is 2.60. The van der Waals surface area contributed by atoms with Crippen LogP contribution in [0.4, 0.5) is 11.5 Å². The van der Waals surface area contributed by atoms with Crippen molar-refractivity contribution in [3.63, 3.8) is 0 Å². The number of hydrogen-bond donors (Lipinski definition) is 3. The van der Waals surface area contributed by atoms with Crippen LogP contribution in [0.15, 0.2) is 52.8 Å². The number of nitrogens with two attached hydrogens (primary N) is 1. The zero-order valence-corrected chi connectivity index (χ0v) is 16.7. The summed E-state index contributed by atoms with van der Waals surface area (Å²) in [6, 6.07) is 1.39. The number of aliphatic imine (C=N–C) groups is 1. The second kappa shape index (κ2) is 7.34. The summed E-state index contributed by atoms with van der Waals surface area (Å²) in [5.74, 6) is 1.06. The maximum Gasteiger partial charge on any atom is 0.301 e. The molecule has 27 heavy (non-hydrogen) atoms. The summed E-state index contributed by atoms with van der Waals surface area (Å²) in [6.45, 7) is 1.89. The molecule has 0 aromatic carbocycles. The minimum atomic E-state index is -3.63. The van der Waals surface area contributed by atoms with Gasteiger partial charge in [-0.15, -0.1) is 11.6 Å². The summed E-state index contributed by atoms with van der Waals surface area (Å²) in [7, 11) is -0.719. The molecule has 0 fully saturated rings. The van der Waals surface area contributed by atoms with Gasteiger partial charge in [0.1, 0.15) is 5.84 Å². The number of amidine groups is 1. The minimum absolute atomic E-state index is 0.405. The number of nitrogens with zero attached hydrogens (tertiary/aromatic N) is 3. The van der Waals surface area contributed by atoms with Crippen molar-refractivity contribution in [3.05, 3.63) is 53.4 Å². The Bertz CT molecular complexity index is 981. The third kappa shape index (κ3) is 4.00. The molecule has 10 heteroatoms. The van der Waals surface area contributed by atoms with Crippen molar-refractivity contribution in [2.45, 2.75) is 18.3 Å². The molecule has 144 valence electrons. The van der Waals surface area contributed by atoms with Crippen LogP contribution in [0.1, 0.15) is 5.56 Å². The van der Waals surface area contributed by atoms with Gasteiger partial charge < -0.3 is 11.1 Å². The third-order valence-corrected chi connectivity index (χ3v) is 6.07. The highest BCUT2D eigenvalue weighted by Crippen LogP contribution is 2.29. The SMILES string of the molecule is Cc1ccnc(NC2=NC3C(=C(NS(=O)(=O)N(C)C)C=CC3Cl)C=C2)c1N. The smallest absolute Gasteiger partial charge is 0.301 e. The Morgan fingerprint density at radius 1 is 1.26 bits per heavy atom. The lowest BCUT2D eigenvalue weighted by Crippen LogP contribution is -2.38. The number of rotatable bonds is 4. The molecule has 0 radical (unpaired) electrons. The monoisotopic (exact) mass is 408 g/mol. The number of nitrogen functional groups attached to an aromatic ring is 1. The Balaban J connectivity index is 1.90. The van der Waals surface area contributed by atoms with Crippen molar-refractivity contribution in [2.24, 2.45) is 4.99 Å². The average Bonchev–Trinajstić information content (AvgIpc) is 2.61. The van der Waals surface area contributed by atoms with E-state index in [0.717, 1.165) is 9.87 Å². The van der Waals surface area contributed by atoms with Crippen LogP contribution < -0.4 is 15.8 Å². The molecule has 1 aliphatic heterocycles. The van der Waals surface area contributed by atoms with Crippen molar-refractivity contribution >= 4 is 39.2 Å². The van der Waals surface area contributed by atoms with Gasteiger partial charge in [-0.2, -0.15) is 12.7 Å². The predicted octanol–water partition coefficient (Wildman–Crippen LogP) is 1.55. The molecule has 0 saturated carbocycles. The van der Waals surface area contributed by atoms with E-state index in [1.807, 2.05) is 13.0 Å². The summed E-state index contributed by atoms with van der Waals surface area (Å²) in [6.07, 6.45) is 8.56. The molecule has 1 aliphatic carbocycles. The lowest BCUT2D eigenvalue weighted by atomic mass is 9.94. The number of hydrogen-bond acceptors (Lipinski definition) is 6. The molecular weight excluding hydrogens is 388 g/mol. The molecule has 2 aliphatic rings. The maximum atomic E-state index is 12.1. The van der Waals surface area contributed by atoms with E-state index >= 15 is 0 Å². The van der Waals surface area contributed by atoms with Gasteiger partial charge in [-0.25, -0.2) is 4.98 Å². The largest absolute Gasteiger partial charge is 0.396 e. The van der Waals surface area contributed by atoms with Gasteiger partial charge in [-0.05, 0) is 30.7 Å². The van der Waals surface area contributed by atoms with Crippen LogP contribution in [0.5, 0.6) is 0 Å². The number of fused-ring (bicyclic) bond motifs is 1. The number of halogens is 1. The zero-order valence-electron chi connectivity index (χ0n) is 15.1. The second-order valence-electron chi connectivity index (χ2n) is 6.37. The summed E-state index contributed by atoms with van der Waals surface area (Å²) < 4.78 is 28.0. The Morgan fingerprint density at radius 2 is 2.00 bits per heavy atom. The van der Waals surface area contributed by atoms with Crippen LogP contribution in [-0.4, -0.2) is 49.1 Å². The van der Waals surface area contributed by atoms with E-state index in [9.17, 15) is 8.42 Å². The van der Waals surface area contributed by atoms with Crippen LogP contribution in [-0.2, 0) is 10.2 Å². The Labute approximate surface area is 163 Å². The summed E-state index contributed by atoms with van der Waals surface area (Å²) in [5.41, 5.74) is 8.63. The molecule has 1 aromatic rings.